The van der Waals surface area contributed by atoms with Gasteiger partial charge in [-0.05, 0) is 52.7 Å². The van der Waals surface area contributed by atoms with E-state index in [1.807, 2.05) is 52.7 Å². The molecule has 0 radical (unpaired) electrons. The number of hydrogen-bond donors (Lipinski definition) is 0. The van der Waals surface area contributed by atoms with E-state index < -0.39 is 17.2 Å². The Morgan fingerprint density at radius 1 is 1.08 bits per heavy atom. The lowest BCUT2D eigenvalue weighted by Crippen LogP contribution is -2.55. The summed E-state index contributed by atoms with van der Waals surface area (Å²) in [6.45, 7) is 14.1. The smallest absolute Gasteiger partial charge is 0.411 e. The van der Waals surface area contributed by atoms with Gasteiger partial charge in [0.25, 0.3) is 0 Å². The summed E-state index contributed by atoms with van der Waals surface area (Å²) in [5, 5.41) is 0. The van der Waals surface area contributed by atoms with E-state index in [1.165, 1.54) is 4.90 Å². The average Bonchev–Trinajstić information content (AvgIpc) is 2.41. The highest BCUT2D eigenvalue weighted by atomic mass is 32.8. The maximum absolute atomic E-state index is 12.6. The SMILES string of the molecule is CS(=S)N1CCN(C(=O)CN(C(=O)OC(C)(C)C)C(C)(C)C)CC1. The summed E-state index contributed by atoms with van der Waals surface area (Å²) in [4.78, 5) is 28.4. The standard InChI is InChI=1S/C16H31N3O3S2/c1-15(2,3)19(14(21)22-16(4,5)6)12-13(20)17-8-10-18(11-9-17)24(7)23/h8-12H2,1-7H3. The van der Waals surface area contributed by atoms with E-state index in [2.05, 4.69) is 4.31 Å². The molecule has 6 nitrogen and oxygen atoms in total. The second-order valence-electron chi connectivity index (χ2n) is 7.97. The third-order valence-electron chi connectivity index (χ3n) is 3.67. The molecule has 2 amide bonds. The molecule has 0 saturated carbocycles. The fourth-order valence-corrected chi connectivity index (χ4v) is 3.45. The van der Waals surface area contributed by atoms with Gasteiger partial charge >= 0.3 is 6.09 Å². The number of carbonyl (C=O) groups excluding carboxylic acids is 2. The van der Waals surface area contributed by atoms with Crippen LogP contribution in [0.4, 0.5) is 4.79 Å². The Balaban J connectivity index is 2.72. The van der Waals surface area contributed by atoms with Crippen LogP contribution in [-0.2, 0) is 30.4 Å². The Morgan fingerprint density at radius 2 is 1.58 bits per heavy atom. The van der Waals surface area contributed by atoms with Crippen molar-refractivity contribution in [3.63, 3.8) is 0 Å². The minimum Gasteiger partial charge on any atom is -0.444 e. The Morgan fingerprint density at radius 3 is 1.96 bits per heavy atom. The Bertz CT molecular complexity index is 490. The normalized spacial score (nSPS) is 18.2. The van der Waals surface area contributed by atoms with Gasteiger partial charge in [-0.15, -0.1) is 0 Å². The molecule has 1 heterocycles. The first kappa shape index (κ1) is 21.3. The van der Waals surface area contributed by atoms with Crippen LogP contribution in [0.2, 0.25) is 0 Å². The molecule has 0 aromatic rings. The van der Waals surface area contributed by atoms with E-state index in [1.54, 1.807) is 0 Å². The lowest BCUT2D eigenvalue weighted by molar-refractivity contribution is -0.134. The van der Waals surface area contributed by atoms with E-state index in [9.17, 15) is 9.59 Å². The summed E-state index contributed by atoms with van der Waals surface area (Å²) < 4.78 is 7.66. The molecule has 1 atom stereocenters. The third kappa shape index (κ3) is 6.64. The van der Waals surface area contributed by atoms with Crippen LogP contribution in [0.15, 0.2) is 0 Å². The highest BCUT2D eigenvalue weighted by Crippen LogP contribution is 2.19. The van der Waals surface area contributed by atoms with E-state index in [0.717, 1.165) is 13.1 Å². The van der Waals surface area contributed by atoms with Crippen molar-refractivity contribution in [2.75, 3.05) is 39.0 Å². The van der Waals surface area contributed by atoms with Crippen LogP contribution in [0.1, 0.15) is 41.5 Å². The first-order valence-corrected chi connectivity index (χ1v) is 10.7. The molecule has 0 spiro atoms. The molecule has 1 aliphatic heterocycles. The zero-order valence-corrected chi connectivity index (χ0v) is 17.6. The second kappa shape index (κ2) is 8.10. The summed E-state index contributed by atoms with van der Waals surface area (Å²) in [6.07, 6.45) is 1.55. The van der Waals surface area contributed by atoms with Gasteiger partial charge in [0.1, 0.15) is 12.1 Å². The molecular formula is C16H31N3O3S2. The van der Waals surface area contributed by atoms with Crippen molar-refractivity contribution in [3.8, 4) is 0 Å². The summed E-state index contributed by atoms with van der Waals surface area (Å²) in [7, 11) is -0.180. The quantitative estimate of drug-likeness (QED) is 0.751. The van der Waals surface area contributed by atoms with Gasteiger partial charge < -0.3 is 9.64 Å². The largest absolute Gasteiger partial charge is 0.444 e. The van der Waals surface area contributed by atoms with E-state index >= 15 is 0 Å². The molecule has 0 bridgehead atoms. The highest BCUT2D eigenvalue weighted by molar-refractivity contribution is 8.27. The minimum absolute atomic E-state index is 0.0319. The van der Waals surface area contributed by atoms with Crippen molar-refractivity contribution in [3.05, 3.63) is 0 Å². The van der Waals surface area contributed by atoms with Gasteiger partial charge in [0.2, 0.25) is 5.91 Å². The molecule has 1 rings (SSSR count). The molecule has 1 aliphatic rings. The van der Waals surface area contributed by atoms with Gasteiger partial charge in [0, 0.05) is 38.0 Å². The zero-order chi connectivity index (χ0) is 18.7. The number of rotatable bonds is 3. The van der Waals surface area contributed by atoms with Gasteiger partial charge in [0.15, 0.2) is 0 Å². The Labute approximate surface area is 153 Å². The predicted molar refractivity (Wildman–Crippen MR) is 102 cm³/mol. The zero-order valence-electron chi connectivity index (χ0n) is 15.9. The van der Waals surface area contributed by atoms with Crippen LogP contribution in [0.5, 0.6) is 0 Å². The van der Waals surface area contributed by atoms with Gasteiger partial charge in [-0.3, -0.25) is 9.69 Å². The molecule has 8 heteroatoms. The molecule has 0 N–H and O–H groups in total. The van der Waals surface area contributed by atoms with Gasteiger partial charge in [-0.25, -0.2) is 9.10 Å². The number of nitrogens with zero attached hydrogens (tertiary/aromatic N) is 3. The van der Waals surface area contributed by atoms with Gasteiger partial charge in [-0.2, -0.15) is 0 Å². The topological polar surface area (TPSA) is 53.1 Å². The Kier molecular flexibility index (Phi) is 7.19. The van der Waals surface area contributed by atoms with Crippen molar-refractivity contribution in [2.45, 2.75) is 52.7 Å². The summed E-state index contributed by atoms with van der Waals surface area (Å²) in [5.41, 5.74) is -1.08. The first-order valence-electron chi connectivity index (χ1n) is 8.18. The number of carbonyl (C=O) groups is 2. The maximum Gasteiger partial charge on any atom is 0.411 e. The van der Waals surface area contributed by atoms with E-state index in [4.69, 9.17) is 15.9 Å². The molecule has 1 unspecified atom stereocenters. The van der Waals surface area contributed by atoms with Crippen LogP contribution in [-0.4, -0.2) is 76.2 Å². The van der Waals surface area contributed by atoms with Crippen LogP contribution in [0, 0.1) is 0 Å². The summed E-state index contributed by atoms with van der Waals surface area (Å²) >= 11 is 5.29. The van der Waals surface area contributed by atoms with Crippen LogP contribution in [0.3, 0.4) is 0 Å². The van der Waals surface area contributed by atoms with Crippen molar-refractivity contribution < 1.29 is 14.3 Å². The summed E-state index contributed by atoms with van der Waals surface area (Å²) in [5.74, 6) is -0.0456. The maximum atomic E-state index is 12.6. The number of hydrogen-bond acceptors (Lipinski definition) is 4. The molecular weight excluding hydrogens is 346 g/mol. The fourth-order valence-electron chi connectivity index (χ4n) is 2.32. The molecule has 1 saturated heterocycles. The lowest BCUT2D eigenvalue weighted by atomic mass is 10.1. The predicted octanol–water partition coefficient (Wildman–Crippen LogP) is 1.79. The van der Waals surface area contributed by atoms with Crippen molar-refractivity contribution in [1.82, 2.24) is 14.1 Å². The number of amides is 2. The van der Waals surface area contributed by atoms with Crippen LogP contribution < -0.4 is 0 Å². The molecule has 0 aromatic heterocycles. The molecule has 0 aliphatic carbocycles. The molecule has 1 fully saturated rings. The third-order valence-corrected chi connectivity index (χ3v) is 5.40. The highest BCUT2D eigenvalue weighted by Gasteiger charge is 2.34. The Hall–Kier alpha value is -0.730. The van der Waals surface area contributed by atoms with Crippen LogP contribution >= 0.6 is 0 Å². The van der Waals surface area contributed by atoms with Crippen molar-refractivity contribution in [1.29, 1.82) is 0 Å². The van der Waals surface area contributed by atoms with E-state index in [0.29, 0.717) is 13.1 Å². The first-order chi connectivity index (χ1) is 10.8. The molecule has 0 aromatic carbocycles. The van der Waals surface area contributed by atoms with Gasteiger partial charge in [0.05, 0.1) is 0 Å². The molecule has 24 heavy (non-hydrogen) atoms. The van der Waals surface area contributed by atoms with Crippen molar-refractivity contribution >= 4 is 32.8 Å². The van der Waals surface area contributed by atoms with Gasteiger partial charge in [-0.1, -0.05) is 9.64 Å². The average molecular weight is 378 g/mol. The van der Waals surface area contributed by atoms with Crippen molar-refractivity contribution in [2.24, 2.45) is 0 Å². The second-order valence-corrected chi connectivity index (χ2v) is 10.8. The lowest BCUT2D eigenvalue weighted by Gasteiger charge is -2.39. The number of ether oxygens (including phenoxy) is 1. The summed E-state index contributed by atoms with van der Waals surface area (Å²) in [6, 6.07) is 0. The van der Waals surface area contributed by atoms with Crippen LogP contribution in [0.25, 0.3) is 0 Å². The minimum atomic E-state index is -0.588. The monoisotopic (exact) mass is 377 g/mol. The fraction of sp³-hybridized carbons (Fsp3) is 0.875. The molecule has 140 valence electrons. The number of piperazine rings is 1. The van der Waals surface area contributed by atoms with E-state index in [-0.39, 0.29) is 22.1 Å².